The predicted molar refractivity (Wildman–Crippen MR) is 109 cm³/mol. The molecule has 24 heavy (non-hydrogen) atoms. The van der Waals surface area contributed by atoms with Crippen molar-refractivity contribution >= 4 is 28.5 Å². The van der Waals surface area contributed by atoms with E-state index in [9.17, 15) is 0 Å². The van der Waals surface area contributed by atoms with E-state index in [1.54, 1.807) is 0 Å². The minimum atomic E-state index is -0.376. The lowest BCUT2D eigenvalue weighted by molar-refractivity contribution is 0.229. The van der Waals surface area contributed by atoms with Crippen LogP contribution in [-0.2, 0) is 10.2 Å². The Morgan fingerprint density at radius 2 is 1.58 bits per heavy atom. The van der Waals surface area contributed by atoms with Gasteiger partial charge >= 0.3 is 0 Å². The van der Waals surface area contributed by atoms with E-state index < -0.39 is 0 Å². The summed E-state index contributed by atoms with van der Waals surface area (Å²) in [4.78, 5) is 5.02. The molecular weight excluding hydrogens is 409 g/mol. The number of aliphatic imine (C=N–C) groups is 1. The van der Waals surface area contributed by atoms with Crippen molar-refractivity contribution in [2.24, 2.45) is 10.4 Å². The summed E-state index contributed by atoms with van der Waals surface area (Å²) in [5.74, 6) is 0.831. The van der Waals surface area contributed by atoms with Gasteiger partial charge in [0.2, 0.25) is 0 Å². The number of hydrogen-bond acceptors (Lipinski definition) is 2. The van der Waals surface area contributed by atoms with Crippen LogP contribution < -0.4 is 0 Å². The number of nitrogens with zero attached hydrogens (tertiary/aromatic N) is 1. The average Bonchev–Trinajstić information content (AvgIpc) is 3.06. The molecule has 0 saturated heterocycles. The highest BCUT2D eigenvalue weighted by molar-refractivity contribution is 14.1. The lowest BCUT2D eigenvalue weighted by Gasteiger charge is -2.31. The summed E-state index contributed by atoms with van der Waals surface area (Å²) in [5.41, 5.74) is 2.18. The maximum absolute atomic E-state index is 6.17. The SMILES string of the molecule is CC(C1=N[C@H](C(C)(C)C)CO1)(c1ccccc1)c1ccccc1I. The van der Waals surface area contributed by atoms with Crippen molar-refractivity contribution in [2.75, 3.05) is 6.61 Å². The lowest BCUT2D eigenvalue weighted by atomic mass is 9.76. The molecule has 3 heteroatoms. The van der Waals surface area contributed by atoms with Crippen LogP contribution in [0.5, 0.6) is 0 Å². The van der Waals surface area contributed by atoms with Gasteiger partial charge < -0.3 is 4.74 Å². The normalized spacial score (nSPS) is 20.2. The Hall–Kier alpha value is -1.36. The third-order valence-corrected chi connectivity index (χ3v) is 5.78. The molecule has 2 aromatic rings. The Morgan fingerprint density at radius 1 is 0.958 bits per heavy atom. The molecule has 1 aliphatic heterocycles. The quantitative estimate of drug-likeness (QED) is 0.591. The Kier molecular flexibility index (Phi) is 4.73. The van der Waals surface area contributed by atoms with Crippen LogP contribution in [-0.4, -0.2) is 18.5 Å². The van der Waals surface area contributed by atoms with Gasteiger partial charge in [-0.3, -0.25) is 0 Å². The van der Waals surface area contributed by atoms with E-state index >= 15 is 0 Å². The van der Waals surface area contributed by atoms with E-state index in [-0.39, 0.29) is 16.9 Å². The van der Waals surface area contributed by atoms with Crippen molar-refractivity contribution in [1.82, 2.24) is 0 Å². The molecule has 2 nitrogen and oxygen atoms in total. The van der Waals surface area contributed by atoms with Gasteiger partial charge in [-0.2, -0.15) is 0 Å². The molecule has 0 fully saturated rings. The van der Waals surface area contributed by atoms with E-state index in [0.29, 0.717) is 6.61 Å². The lowest BCUT2D eigenvalue weighted by Crippen LogP contribution is -2.35. The molecule has 0 bridgehead atoms. The van der Waals surface area contributed by atoms with Crippen molar-refractivity contribution in [2.45, 2.75) is 39.2 Å². The summed E-state index contributed by atoms with van der Waals surface area (Å²) < 4.78 is 7.40. The maximum Gasteiger partial charge on any atom is 0.199 e. The molecular formula is C21H24INO. The van der Waals surface area contributed by atoms with Crippen molar-refractivity contribution < 1.29 is 4.74 Å². The van der Waals surface area contributed by atoms with E-state index in [1.807, 2.05) is 0 Å². The van der Waals surface area contributed by atoms with Crippen molar-refractivity contribution in [3.05, 3.63) is 69.3 Å². The number of benzene rings is 2. The maximum atomic E-state index is 6.17. The Bertz CT molecular complexity index is 748. The number of ether oxygens (including phenoxy) is 1. The number of rotatable bonds is 3. The van der Waals surface area contributed by atoms with Crippen LogP contribution in [0, 0.1) is 8.99 Å². The van der Waals surface area contributed by atoms with E-state index in [4.69, 9.17) is 9.73 Å². The highest BCUT2D eigenvalue weighted by Gasteiger charge is 2.42. The van der Waals surface area contributed by atoms with Gasteiger partial charge in [0, 0.05) is 3.57 Å². The minimum absolute atomic E-state index is 0.100. The molecule has 0 N–H and O–H groups in total. The first-order chi connectivity index (χ1) is 11.3. The first-order valence-corrected chi connectivity index (χ1v) is 9.43. The minimum Gasteiger partial charge on any atom is -0.478 e. The second-order valence-corrected chi connectivity index (χ2v) is 8.76. The largest absolute Gasteiger partial charge is 0.478 e. The van der Waals surface area contributed by atoms with Gasteiger partial charge in [-0.15, -0.1) is 0 Å². The molecule has 0 spiro atoms. The summed E-state index contributed by atoms with van der Waals surface area (Å²) in [6.45, 7) is 9.55. The second kappa shape index (κ2) is 6.51. The smallest absolute Gasteiger partial charge is 0.199 e. The summed E-state index contributed by atoms with van der Waals surface area (Å²) in [6.07, 6.45) is 0. The fourth-order valence-electron chi connectivity index (χ4n) is 3.12. The molecule has 0 saturated carbocycles. The van der Waals surface area contributed by atoms with Crippen LogP contribution in [0.25, 0.3) is 0 Å². The third-order valence-electron chi connectivity index (χ3n) is 4.84. The molecule has 2 atom stereocenters. The molecule has 1 aliphatic rings. The highest BCUT2D eigenvalue weighted by Crippen LogP contribution is 2.39. The zero-order chi connectivity index (χ0) is 17.4. The van der Waals surface area contributed by atoms with Gasteiger partial charge in [-0.1, -0.05) is 69.3 Å². The molecule has 0 aromatic heterocycles. The zero-order valence-electron chi connectivity index (χ0n) is 14.7. The fourth-order valence-corrected chi connectivity index (χ4v) is 4.05. The molecule has 1 heterocycles. The molecule has 1 unspecified atom stereocenters. The standard InChI is InChI=1S/C21H24INO/c1-20(2,3)18-14-24-19(23-18)21(4,15-10-6-5-7-11-15)16-12-8-9-13-17(16)22/h5-13,18H,14H2,1-4H3/t18-,21?/m0/s1. The van der Waals surface area contributed by atoms with Crippen molar-refractivity contribution in [1.29, 1.82) is 0 Å². The van der Waals surface area contributed by atoms with Crippen LogP contribution >= 0.6 is 22.6 Å². The summed E-state index contributed by atoms with van der Waals surface area (Å²) in [7, 11) is 0. The zero-order valence-corrected chi connectivity index (χ0v) is 16.9. The van der Waals surface area contributed by atoms with E-state index in [1.165, 1.54) is 14.7 Å². The Balaban J connectivity index is 2.16. The average molecular weight is 433 g/mol. The second-order valence-electron chi connectivity index (χ2n) is 7.60. The monoisotopic (exact) mass is 433 g/mol. The summed E-state index contributed by atoms with van der Waals surface area (Å²) in [6, 6.07) is 19.2. The van der Waals surface area contributed by atoms with E-state index in [0.717, 1.165) is 5.90 Å². The fraction of sp³-hybridized carbons (Fsp3) is 0.381. The third kappa shape index (κ3) is 3.10. The summed E-state index contributed by atoms with van der Waals surface area (Å²) >= 11 is 2.41. The number of hydrogen-bond donors (Lipinski definition) is 0. The first-order valence-electron chi connectivity index (χ1n) is 8.35. The van der Waals surface area contributed by atoms with Crippen LogP contribution in [0.1, 0.15) is 38.8 Å². The van der Waals surface area contributed by atoms with Crippen LogP contribution in [0.15, 0.2) is 59.6 Å². The highest BCUT2D eigenvalue weighted by atomic mass is 127. The topological polar surface area (TPSA) is 21.6 Å². The molecule has 126 valence electrons. The van der Waals surface area contributed by atoms with Crippen LogP contribution in [0.4, 0.5) is 0 Å². The molecule has 0 aliphatic carbocycles. The predicted octanol–water partition coefficient (Wildman–Crippen LogP) is 5.44. The molecule has 2 aromatic carbocycles. The van der Waals surface area contributed by atoms with Gasteiger partial charge in [-0.25, -0.2) is 4.99 Å². The van der Waals surface area contributed by atoms with Gasteiger partial charge in [0.15, 0.2) is 5.90 Å². The summed E-state index contributed by atoms with van der Waals surface area (Å²) in [5, 5.41) is 0. The molecule has 0 radical (unpaired) electrons. The van der Waals surface area contributed by atoms with Crippen LogP contribution in [0.3, 0.4) is 0 Å². The Labute approximate surface area is 158 Å². The Morgan fingerprint density at radius 3 is 2.17 bits per heavy atom. The van der Waals surface area contributed by atoms with E-state index in [2.05, 4.69) is 105 Å². The van der Waals surface area contributed by atoms with Crippen LogP contribution in [0.2, 0.25) is 0 Å². The van der Waals surface area contributed by atoms with Crippen molar-refractivity contribution in [3.63, 3.8) is 0 Å². The molecule has 3 rings (SSSR count). The van der Waals surface area contributed by atoms with Crippen molar-refractivity contribution in [3.8, 4) is 0 Å². The van der Waals surface area contributed by atoms with Gasteiger partial charge in [-0.05, 0) is 52.1 Å². The van der Waals surface area contributed by atoms with Gasteiger partial charge in [0.1, 0.15) is 6.61 Å². The number of halogens is 1. The first kappa shape index (κ1) is 17.5. The van der Waals surface area contributed by atoms with Gasteiger partial charge in [0.25, 0.3) is 0 Å². The van der Waals surface area contributed by atoms with Gasteiger partial charge in [0.05, 0.1) is 11.5 Å². The molecule has 0 amide bonds.